The topological polar surface area (TPSA) is 63.8 Å². The molecule has 0 saturated heterocycles. The van der Waals surface area contributed by atoms with Gasteiger partial charge in [0, 0.05) is 6.54 Å². The summed E-state index contributed by atoms with van der Waals surface area (Å²) in [5.74, 6) is 0.719. The van der Waals surface area contributed by atoms with Crippen LogP contribution >= 0.6 is 11.8 Å². The lowest BCUT2D eigenvalue weighted by molar-refractivity contribution is 0.966. The lowest BCUT2D eigenvalue weighted by atomic mass is 10.5. The first-order valence-corrected chi connectivity index (χ1v) is 4.90. The first kappa shape index (κ1) is 9.12. The average molecular weight is 184 g/mol. The summed E-state index contributed by atoms with van der Waals surface area (Å²) < 4.78 is 0. The highest BCUT2D eigenvalue weighted by molar-refractivity contribution is 7.98. The van der Waals surface area contributed by atoms with E-state index in [9.17, 15) is 0 Å². The quantitative estimate of drug-likeness (QED) is 0.546. The Hall–Kier alpha value is -0.970. The predicted molar refractivity (Wildman–Crippen MR) is 52.4 cm³/mol. The zero-order valence-electron chi connectivity index (χ0n) is 7.16. The Morgan fingerprint density at radius 1 is 1.67 bits per heavy atom. The molecule has 0 unspecified atom stereocenters. The predicted octanol–water partition coefficient (Wildman–Crippen LogP) is 1.21. The van der Waals surface area contributed by atoms with Crippen molar-refractivity contribution >= 4 is 23.3 Å². The highest BCUT2D eigenvalue weighted by atomic mass is 32.2. The Morgan fingerprint density at radius 3 is 3.00 bits per heavy atom. The lowest BCUT2D eigenvalue weighted by Crippen LogP contribution is -2.04. The molecule has 1 heterocycles. The fraction of sp³-hybridized carbons (Fsp3) is 0.429. The average Bonchev–Trinajstić information content (AvgIpc) is 2.09. The molecule has 0 spiro atoms. The van der Waals surface area contributed by atoms with Crippen molar-refractivity contribution in [2.75, 3.05) is 23.9 Å². The smallest absolute Gasteiger partial charge is 0.189 e. The molecule has 0 radical (unpaired) electrons. The van der Waals surface area contributed by atoms with Gasteiger partial charge < -0.3 is 11.1 Å². The summed E-state index contributed by atoms with van der Waals surface area (Å²) in [5, 5.41) is 3.80. The van der Waals surface area contributed by atoms with Crippen molar-refractivity contribution in [2.24, 2.45) is 0 Å². The van der Waals surface area contributed by atoms with Gasteiger partial charge in [-0.25, -0.2) is 9.97 Å². The van der Waals surface area contributed by atoms with E-state index in [-0.39, 0.29) is 0 Å². The van der Waals surface area contributed by atoms with E-state index in [0.717, 1.165) is 17.5 Å². The zero-order chi connectivity index (χ0) is 8.97. The number of hydrogen-bond acceptors (Lipinski definition) is 5. The number of nitrogens with one attached hydrogen (secondary N) is 1. The van der Waals surface area contributed by atoms with Gasteiger partial charge in [-0.05, 0) is 13.2 Å². The Labute approximate surface area is 76.0 Å². The minimum atomic E-state index is 0.592. The Kier molecular flexibility index (Phi) is 3.16. The van der Waals surface area contributed by atoms with E-state index in [1.807, 2.05) is 13.2 Å². The van der Waals surface area contributed by atoms with E-state index in [1.54, 1.807) is 6.20 Å². The lowest BCUT2D eigenvalue weighted by Gasteiger charge is -2.05. The van der Waals surface area contributed by atoms with Crippen LogP contribution in [-0.4, -0.2) is 22.8 Å². The van der Waals surface area contributed by atoms with Crippen LogP contribution in [0.3, 0.4) is 0 Å². The van der Waals surface area contributed by atoms with Gasteiger partial charge in [-0.15, -0.1) is 0 Å². The Bertz CT molecular complexity index is 264. The molecular formula is C7H12N4S. The summed E-state index contributed by atoms with van der Waals surface area (Å²) in [6.45, 7) is 2.81. The number of hydrogen-bond donors (Lipinski definition) is 2. The minimum absolute atomic E-state index is 0.592. The molecule has 1 rings (SSSR count). The molecule has 5 heteroatoms. The summed E-state index contributed by atoms with van der Waals surface area (Å²) in [5.41, 5.74) is 6.23. The second-order valence-electron chi connectivity index (χ2n) is 2.19. The van der Waals surface area contributed by atoms with E-state index in [2.05, 4.69) is 15.3 Å². The maximum absolute atomic E-state index is 5.63. The van der Waals surface area contributed by atoms with E-state index in [1.165, 1.54) is 11.8 Å². The van der Waals surface area contributed by atoms with Crippen molar-refractivity contribution in [3.63, 3.8) is 0 Å². The van der Waals surface area contributed by atoms with Gasteiger partial charge in [0.15, 0.2) is 11.0 Å². The van der Waals surface area contributed by atoms with Gasteiger partial charge in [0.25, 0.3) is 0 Å². The fourth-order valence-electron chi connectivity index (χ4n) is 0.782. The van der Waals surface area contributed by atoms with E-state index in [4.69, 9.17) is 5.73 Å². The maximum atomic E-state index is 5.63. The number of rotatable bonds is 3. The molecule has 0 amide bonds. The molecule has 1 aromatic heterocycles. The van der Waals surface area contributed by atoms with Crippen LogP contribution < -0.4 is 11.1 Å². The number of thioether (sulfide) groups is 1. The van der Waals surface area contributed by atoms with Gasteiger partial charge in [0.05, 0.1) is 11.9 Å². The SMILES string of the molecule is CCNc1nc(SC)ncc1N. The second-order valence-corrected chi connectivity index (χ2v) is 2.96. The number of nitrogens with two attached hydrogens (primary N) is 1. The molecule has 0 fully saturated rings. The third-order valence-corrected chi connectivity index (χ3v) is 1.88. The van der Waals surface area contributed by atoms with Crippen LogP contribution in [0.15, 0.2) is 11.4 Å². The van der Waals surface area contributed by atoms with E-state index >= 15 is 0 Å². The van der Waals surface area contributed by atoms with Gasteiger partial charge in [0.2, 0.25) is 0 Å². The third-order valence-electron chi connectivity index (χ3n) is 1.32. The molecule has 0 saturated carbocycles. The van der Waals surface area contributed by atoms with Crippen molar-refractivity contribution in [1.82, 2.24) is 9.97 Å². The number of nitrogen functional groups attached to an aromatic ring is 1. The first-order chi connectivity index (χ1) is 5.77. The maximum Gasteiger partial charge on any atom is 0.189 e. The number of nitrogens with zero attached hydrogens (tertiary/aromatic N) is 2. The van der Waals surface area contributed by atoms with Crippen molar-refractivity contribution in [1.29, 1.82) is 0 Å². The summed E-state index contributed by atoms with van der Waals surface area (Å²) in [6.07, 6.45) is 3.55. The van der Waals surface area contributed by atoms with Crippen LogP contribution in [0, 0.1) is 0 Å². The summed E-state index contributed by atoms with van der Waals surface area (Å²) in [6, 6.07) is 0. The fourth-order valence-corrected chi connectivity index (χ4v) is 1.12. The van der Waals surface area contributed by atoms with Crippen LogP contribution in [0.25, 0.3) is 0 Å². The summed E-state index contributed by atoms with van der Waals surface area (Å²) in [4.78, 5) is 8.22. The molecule has 0 atom stereocenters. The van der Waals surface area contributed by atoms with Gasteiger partial charge in [-0.2, -0.15) is 0 Å². The molecule has 0 aliphatic rings. The summed E-state index contributed by atoms with van der Waals surface area (Å²) in [7, 11) is 0. The standard InChI is InChI=1S/C7H12N4S/c1-3-9-6-5(8)4-10-7(11-6)12-2/h4H,3,8H2,1-2H3,(H,9,10,11). The van der Waals surface area contributed by atoms with Crippen molar-refractivity contribution < 1.29 is 0 Å². The first-order valence-electron chi connectivity index (χ1n) is 3.68. The Morgan fingerprint density at radius 2 is 2.42 bits per heavy atom. The highest BCUT2D eigenvalue weighted by Gasteiger charge is 2.01. The molecule has 0 aliphatic heterocycles. The van der Waals surface area contributed by atoms with Crippen molar-refractivity contribution in [3.8, 4) is 0 Å². The molecule has 0 bridgehead atoms. The van der Waals surface area contributed by atoms with Crippen LogP contribution in [0.2, 0.25) is 0 Å². The number of aromatic nitrogens is 2. The molecule has 3 N–H and O–H groups in total. The molecular weight excluding hydrogens is 172 g/mol. The van der Waals surface area contributed by atoms with Crippen molar-refractivity contribution in [2.45, 2.75) is 12.1 Å². The van der Waals surface area contributed by atoms with Crippen LogP contribution in [0.1, 0.15) is 6.92 Å². The normalized spacial score (nSPS) is 9.83. The molecule has 1 aromatic rings. The Balaban J connectivity index is 2.91. The van der Waals surface area contributed by atoms with E-state index < -0.39 is 0 Å². The second kappa shape index (κ2) is 4.15. The zero-order valence-corrected chi connectivity index (χ0v) is 7.98. The molecule has 66 valence electrons. The monoisotopic (exact) mass is 184 g/mol. The van der Waals surface area contributed by atoms with E-state index in [0.29, 0.717) is 5.69 Å². The van der Waals surface area contributed by atoms with Gasteiger partial charge >= 0.3 is 0 Å². The molecule has 0 aromatic carbocycles. The van der Waals surface area contributed by atoms with Crippen LogP contribution in [0.5, 0.6) is 0 Å². The third kappa shape index (κ3) is 2.01. The largest absolute Gasteiger partial charge is 0.394 e. The molecule has 12 heavy (non-hydrogen) atoms. The van der Waals surface area contributed by atoms with Crippen LogP contribution in [0.4, 0.5) is 11.5 Å². The molecule has 4 nitrogen and oxygen atoms in total. The van der Waals surface area contributed by atoms with Crippen LogP contribution in [-0.2, 0) is 0 Å². The highest BCUT2D eigenvalue weighted by Crippen LogP contribution is 2.17. The van der Waals surface area contributed by atoms with Gasteiger partial charge in [0.1, 0.15) is 0 Å². The summed E-state index contributed by atoms with van der Waals surface area (Å²) >= 11 is 1.50. The van der Waals surface area contributed by atoms with Gasteiger partial charge in [-0.3, -0.25) is 0 Å². The molecule has 0 aliphatic carbocycles. The minimum Gasteiger partial charge on any atom is -0.394 e. The number of anilines is 2. The van der Waals surface area contributed by atoms with Gasteiger partial charge in [-0.1, -0.05) is 11.8 Å². The van der Waals surface area contributed by atoms with Crippen molar-refractivity contribution in [3.05, 3.63) is 6.20 Å².